The fraction of sp³-hybridized carbons (Fsp3) is 0.533. The molecule has 3 nitrogen and oxygen atoms in total. The lowest BCUT2D eigenvalue weighted by molar-refractivity contribution is -0.146. The summed E-state index contributed by atoms with van der Waals surface area (Å²) in [6.07, 6.45) is 2.82. The summed E-state index contributed by atoms with van der Waals surface area (Å²) in [6, 6.07) is 5.50. The van der Waals surface area contributed by atoms with E-state index in [9.17, 15) is 9.90 Å². The SMILES string of the molecule is CC(C)(Cc1cccc(Cl)c1OCC1CC1)C(=O)O. The van der Waals surface area contributed by atoms with Gasteiger partial charge in [0.25, 0.3) is 0 Å². The third kappa shape index (κ3) is 3.63. The van der Waals surface area contributed by atoms with Gasteiger partial charge in [-0.3, -0.25) is 4.79 Å². The highest BCUT2D eigenvalue weighted by atomic mass is 35.5. The van der Waals surface area contributed by atoms with Gasteiger partial charge in [-0.05, 0) is 50.7 Å². The summed E-state index contributed by atoms with van der Waals surface area (Å²) in [7, 11) is 0. The largest absolute Gasteiger partial charge is 0.491 e. The number of hydrogen-bond acceptors (Lipinski definition) is 2. The van der Waals surface area contributed by atoms with Gasteiger partial charge in [-0.25, -0.2) is 0 Å². The van der Waals surface area contributed by atoms with E-state index in [4.69, 9.17) is 16.3 Å². The fourth-order valence-electron chi connectivity index (χ4n) is 1.89. The van der Waals surface area contributed by atoms with Crippen molar-refractivity contribution in [3.63, 3.8) is 0 Å². The first kappa shape index (κ1) is 14.2. The number of aliphatic carboxylic acids is 1. The number of carbonyl (C=O) groups is 1. The minimum Gasteiger partial charge on any atom is -0.491 e. The van der Waals surface area contributed by atoms with Crippen LogP contribution in [-0.4, -0.2) is 17.7 Å². The Bertz CT molecular complexity index is 478. The van der Waals surface area contributed by atoms with Gasteiger partial charge >= 0.3 is 5.97 Å². The monoisotopic (exact) mass is 282 g/mol. The Hall–Kier alpha value is -1.22. The Morgan fingerprint density at radius 2 is 2.16 bits per heavy atom. The molecule has 0 atom stereocenters. The molecular weight excluding hydrogens is 264 g/mol. The number of benzene rings is 1. The van der Waals surface area contributed by atoms with Crippen molar-refractivity contribution in [3.8, 4) is 5.75 Å². The number of rotatable bonds is 6. The molecule has 0 radical (unpaired) electrons. The first-order chi connectivity index (χ1) is 8.90. The van der Waals surface area contributed by atoms with Gasteiger partial charge in [0.05, 0.1) is 17.0 Å². The summed E-state index contributed by atoms with van der Waals surface area (Å²) in [5, 5.41) is 9.77. The van der Waals surface area contributed by atoms with Gasteiger partial charge in [-0.1, -0.05) is 23.7 Å². The van der Waals surface area contributed by atoms with Gasteiger partial charge in [0.15, 0.2) is 0 Å². The van der Waals surface area contributed by atoms with Crippen LogP contribution >= 0.6 is 11.6 Å². The first-order valence-electron chi connectivity index (χ1n) is 6.54. The maximum Gasteiger partial charge on any atom is 0.309 e. The van der Waals surface area contributed by atoms with Crippen LogP contribution in [0.4, 0.5) is 0 Å². The van der Waals surface area contributed by atoms with E-state index in [1.807, 2.05) is 12.1 Å². The molecule has 0 bridgehead atoms. The standard InChI is InChI=1S/C15H19ClO3/c1-15(2,14(17)18)8-11-4-3-5-12(16)13(11)19-9-10-6-7-10/h3-5,10H,6-9H2,1-2H3,(H,17,18). The lowest BCUT2D eigenvalue weighted by Crippen LogP contribution is -2.26. The molecule has 4 heteroatoms. The van der Waals surface area contributed by atoms with Crippen LogP contribution in [0, 0.1) is 11.3 Å². The molecule has 0 aromatic heterocycles. The minimum absolute atomic E-state index is 0.406. The second kappa shape index (κ2) is 5.41. The number of carboxylic acid groups (broad SMARTS) is 1. The second-order valence-corrected chi connectivity index (χ2v) is 6.26. The van der Waals surface area contributed by atoms with E-state index in [1.54, 1.807) is 19.9 Å². The van der Waals surface area contributed by atoms with Crippen molar-refractivity contribution in [2.45, 2.75) is 33.1 Å². The molecule has 0 heterocycles. The Balaban J connectivity index is 2.18. The molecule has 19 heavy (non-hydrogen) atoms. The second-order valence-electron chi connectivity index (χ2n) is 5.85. The predicted molar refractivity (Wildman–Crippen MR) is 74.8 cm³/mol. The number of ether oxygens (including phenoxy) is 1. The Morgan fingerprint density at radius 1 is 1.47 bits per heavy atom. The zero-order valence-corrected chi connectivity index (χ0v) is 12.0. The van der Waals surface area contributed by atoms with Gasteiger partial charge in [-0.15, -0.1) is 0 Å². The number of hydrogen-bond donors (Lipinski definition) is 1. The van der Waals surface area contributed by atoms with Crippen molar-refractivity contribution in [3.05, 3.63) is 28.8 Å². The van der Waals surface area contributed by atoms with E-state index in [0.29, 0.717) is 29.7 Å². The smallest absolute Gasteiger partial charge is 0.309 e. The number of para-hydroxylation sites is 1. The average Bonchev–Trinajstić information content (AvgIpc) is 3.11. The summed E-state index contributed by atoms with van der Waals surface area (Å²) >= 11 is 6.17. The van der Waals surface area contributed by atoms with Gasteiger partial charge in [0.1, 0.15) is 5.75 Å². The van der Waals surface area contributed by atoms with Crippen LogP contribution in [0.25, 0.3) is 0 Å². The average molecular weight is 283 g/mol. The lowest BCUT2D eigenvalue weighted by Gasteiger charge is -2.21. The van der Waals surface area contributed by atoms with Crippen molar-refractivity contribution in [1.82, 2.24) is 0 Å². The fourth-order valence-corrected chi connectivity index (χ4v) is 2.14. The molecular formula is C15H19ClO3. The molecule has 1 aliphatic rings. The molecule has 0 amide bonds. The summed E-state index contributed by atoms with van der Waals surface area (Å²) in [5.41, 5.74) is 0.0306. The molecule has 1 fully saturated rings. The third-order valence-corrected chi connectivity index (χ3v) is 3.72. The van der Waals surface area contributed by atoms with Gasteiger partial charge < -0.3 is 9.84 Å². The predicted octanol–water partition coefficient (Wildman–Crippen LogP) is 3.78. The van der Waals surface area contributed by atoms with E-state index in [0.717, 1.165) is 5.56 Å². The van der Waals surface area contributed by atoms with Crippen molar-refractivity contribution in [1.29, 1.82) is 0 Å². The van der Waals surface area contributed by atoms with Crippen molar-refractivity contribution in [2.24, 2.45) is 11.3 Å². The quantitative estimate of drug-likeness (QED) is 0.864. The maximum absolute atomic E-state index is 11.2. The van der Waals surface area contributed by atoms with Crippen LogP contribution in [-0.2, 0) is 11.2 Å². The normalized spacial score (nSPS) is 15.3. The molecule has 1 N–H and O–H groups in total. The summed E-state index contributed by atoms with van der Waals surface area (Å²) in [4.78, 5) is 11.2. The van der Waals surface area contributed by atoms with Crippen molar-refractivity contribution < 1.29 is 14.6 Å². The van der Waals surface area contributed by atoms with Gasteiger partial charge in [0, 0.05) is 0 Å². The van der Waals surface area contributed by atoms with Crippen LogP contribution in [0.3, 0.4) is 0 Å². The van der Waals surface area contributed by atoms with Crippen LogP contribution in [0.5, 0.6) is 5.75 Å². The first-order valence-corrected chi connectivity index (χ1v) is 6.91. The van der Waals surface area contributed by atoms with E-state index in [2.05, 4.69) is 0 Å². The van der Waals surface area contributed by atoms with Crippen LogP contribution in [0.1, 0.15) is 32.3 Å². The molecule has 1 aromatic rings. The number of carboxylic acids is 1. The highest BCUT2D eigenvalue weighted by Gasteiger charge is 2.29. The Labute approximate surface area is 118 Å². The van der Waals surface area contributed by atoms with Crippen molar-refractivity contribution in [2.75, 3.05) is 6.61 Å². The van der Waals surface area contributed by atoms with E-state index < -0.39 is 11.4 Å². The summed E-state index contributed by atoms with van der Waals surface area (Å²) in [6.45, 7) is 4.09. The van der Waals surface area contributed by atoms with E-state index in [1.165, 1.54) is 12.8 Å². The Morgan fingerprint density at radius 3 is 2.74 bits per heavy atom. The van der Waals surface area contributed by atoms with Gasteiger partial charge in [0.2, 0.25) is 0 Å². The van der Waals surface area contributed by atoms with Gasteiger partial charge in [-0.2, -0.15) is 0 Å². The molecule has 104 valence electrons. The zero-order chi connectivity index (χ0) is 14.0. The summed E-state index contributed by atoms with van der Waals surface area (Å²) in [5.74, 6) is 0.461. The molecule has 0 spiro atoms. The van der Waals surface area contributed by atoms with E-state index in [-0.39, 0.29) is 0 Å². The topological polar surface area (TPSA) is 46.5 Å². The number of halogens is 1. The van der Waals surface area contributed by atoms with Crippen LogP contribution in [0.15, 0.2) is 18.2 Å². The molecule has 1 saturated carbocycles. The summed E-state index contributed by atoms with van der Waals surface area (Å²) < 4.78 is 5.79. The molecule has 2 rings (SSSR count). The molecule has 0 saturated heterocycles. The lowest BCUT2D eigenvalue weighted by atomic mass is 9.85. The van der Waals surface area contributed by atoms with Crippen LogP contribution < -0.4 is 4.74 Å². The minimum atomic E-state index is -0.831. The zero-order valence-electron chi connectivity index (χ0n) is 11.3. The van der Waals surface area contributed by atoms with E-state index >= 15 is 0 Å². The Kier molecular flexibility index (Phi) is 4.04. The molecule has 0 unspecified atom stereocenters. The highest BCUT2D eigenvalue weighted by molar-refractivity contribution is 6.32. The maximum atomic E-state index is 11.2. The molecule has 1 aromatic carbocycles. The highest BCUT2D eigenvalue weighted by Crippen LogP contribution is 2.36. The van der Waals surface area contributed by atoms with Crippen molar-refractivity contribution >= 4 is 17.6 Å². The van der Waals surface area contributed by atoms with Crippen LogP contribution in [0.2, 0.25) is 5.02 Å². The molecule has 0 aliphatic heterocycles. The third-order valence-electron chi connectivity index (χ3n) is 3.42. The molecule has 1 aliphatic carbocycles.